The van der Waals surface area contributed by atoms with Gasteiger partial charge in [0.05, 0.1) is 5.56 Å². The molecule has 0 bridgehead atoms. The summed E-state index contributed by atoms with van der Waals surface area (Å²) in [5.74, 6) is 0. The Morgan fingerprint density at radius 2 is 2.00 bits per heavy atom. The number of fused-ring (bicyclic) bond motifs is 1. The van der Waals surface area contributed by atoms with Gasteiger partial charge in [0.25, 0.3) is 0 Å². The minimum absolute atomic E-state index is 0.248. The number of hydrogen-bond acceptors (Lipinski definition) is 1. The molecule has 1 aromatic carbocycles. The van der Waals surface area contributed by atoms with E-state index in [1.54, 1.807) is 28.7 Å². The summed E-state index contributed by atoms with van der Waals surface area (Å²) < 4.78 is 38.4. The van der Waals surface area contributed by atoms with Gasteiger partial charge in [0.1, 0.15) is 0 Å². The SMILES string of the molecule is NC1CCCc2cc(I)c(C(F)(F)F)cc21. The van der Waals surface area contributed by atoms with Gasteiger partial charge in [-0.1, -0.05) is 0 Å². The van der Waals surface area contributed by atoms with E-state index in [1.807, 2.05) is 0 Å². The third-order valence-electron chi connectivity index (χ3n) is 2.90. The monoisotopic (exact) mass is 341 g/mol. The molecule has 1 aliphatic rings. The molecule has 1 nitrogen and oxygen atoms in total. The molecule has 0 spiro atoms. The van der Waals surface area contributed by atoms with E-state index in [1.165, 1.54) is 6.07 Å². The summed E-state index contributed by atoms with van der Waals surface area (Å²) in [6, 6.07) is 2.60. The number of hydrogen-bond donors (Lipinski definition) is 1. The van der Waals surface area contributed by atoms with Crippen molar-refractivity contribution in [3.63, 3.8) is 0 Å². The van der Waals surface area contributed by atoms with Crippen LogP contribution in [0.3, 0.4) is 0 Å². The van der Waals surface area contributed by atoms with Gasteiger partial charge in [0, 0.05) is 9.61 Å². The lowest BCUT2D eigenvalue weighted by Gasteiger charge is -2.24. The molecule has 0 aliphatic heterocycles. The molecule has 0 amide bonds. The van der Waals surface area contributed by atoms with Gasteiger partial charge < -0.3 is 5.73 Å². The molecule has 0 radical (unpaired) electrons. The van der Waals surface area contributed by atoms with Crippen LogP contribution in [0.4, 0.5) is 13.2 Å². The summed E-state index contributed by atoms with van der Waals surface area (Å²) in [5.41, 5.74) is 6.91. The van der Waals surface area contributed by atoms with Gasteiger partial charge in [-0.2, -0.15) is 13.2 Å². The van der Waals surface area contributed by atoms with Gasteiger partial charge in [-0.3, -0.25) is 0 Å². The van der Waals surface area contributed by atoms with Crippen LogP contribution < -0.4 is 5.73 Å². The van der Waals surface area contributed by atoms with Crippen molar-refractivity contribution in [3.8, 4) is 0 Å². The Balaban J connectivity index is 2.54. The average Bonchev–Trinajstić information content (AvgIpc) is 2.15. The van der Waals surface area contributed by atoms with Crippen molar-refractivity contribution in [3.05, 3.63) is 32.4 Å². The number of halogens is 4. The van der Waals surface area contributed by atoms with Crippen molar-refractivity contribution in [2.75, 3.05) is 0 Å². The fourth-order valence-electron chi connectivity index (χ4n) is 2.08. The van der Waals surface area contributed by atoms with E-state index in [0.717, 1.165) is 24.8 Å². The van der Waals surface area contributed by atoms with Gasteiger partial charge in [-0.05, 0) is 65.1 Å². The third kappa shape index (κ3) is 2.20. The first-order valence-corrected chi connectivity index (χ1v) is 6.12. The number of benzene rings is 1. The second-order valence-corrected chi connectivity index (χ2v) is 5.19. The zero-order chi connectivity index (χ0) is 11.9. The van der Waals surface area contributed by atoms with E-state index >= 15 is 0 Å². The molecular formula is C11H11F3IN. The van der Waals surface area contributed by atoms with E-state index < -0.39 is 11.7 Å². The second kappa shape index (κ2) is 4.18. The summed E-state index contributed by atoms with van der Waals surface area (Å²) in [6.45, 7) is 0. The van der Waals surface area contributed by atoms with Gasteiger partial charge in [-0.25, -0.2) is 0 Å². The molecule has 1 aliphatic carbocycles. The zero-order valence-corrected chi connectivity index (χ0v) is 10.6. The largest absolute Gasteiger partial charge is 0.417 e. The predicted molar refractivity (Wildman–Crippen MR) is 64.0 cm³/mol. The van der Waals surface area contributed by atoms with Crippen LogP contribution in [0.1, 0.15) is 35.6 Å². The van der Waals surface area contributed by atoms with Gasteiger partial charge in [0.2, 0.25) is 0 Å². The zero-order valence-electron chi connectivity index (χ0n) is 8.44. The quantitative estimate of drug-likeness (QED) is 0.717. The summed E-state index contributed by atoms with van der Waals surface area (Å²) in [5, 5.41) is 0. The van der Waals surface area contributed by atoms with Crippen molar-refractivity contribution < 1.29 is 13.2 Å². The van der Waals surface area contributed by atoms with Crippen LogP contribution in [-0.4, -0.2) is 0 Å². The first kappa shape index (κ1) is 12.2. The Bertz CT molecular complexity index is 414. The smallest absolute Gasteiger partial charge is 0.324 e. The van der Waals surface area contributed by atoms with Crippen molar-refractivity contribution in [2.24, 2.45) is 5.73 Å². The normalized spacial score (nSPS) is 20.7. The number of aryl methyl sites for hydroxylation is 1. The second-order valence-electron chi connectivity index (χ2n) is 4.03. The first-order chi connectivity index (χ1) is 7.39. The van der Waals surface area contributed by atoms with Crippen LogP contribution in [0, 0.1) is 3.57 Å². The molecule has 0 aromatic heterocycles. The highest BCUT2D eigenvalue weighted by molar-refractivity contribution is 14.1. The van der Waals surface area contributed by atoms with E-state index in [9.17, 15) is 13.2 Å². The molecule has 1 aromatic rings. The van der Waals surface area contributed by atoms with Crippen molar-refractivity contribution in [1.29, 1.82) is 0 Å². The lowest BCUT2D eigenvalue weighted by Crippen LogP contribution is -2.19. The lowest BCUT2D eigenvalue weighted by molar-refractivity contribution is -0.138. The number of nitrogens with two attached hydrogens (primary N) is 1. The van der Waals surface area contributed by atoms with Crippen LogP contribution in [0.25, 0.3) is 0 Å². The highest BCUT2D eigenvalue weighted by Crippen LogP contribution is 2.38. The standard InChI is InChI=1S/C11H11F3IN/c12-11(13,14)8-5-7-6(4-9(8)15)2-1-3-10(7)16/h4-5,10H,1-3,16H2. The highest BCUT2D eigenvalue weighted by atomic mass is 127. The van der Waals surface area contributed by atoms with Gasteiger partial charge in [0.15, 0.2) is 0 Å². The average molecular weight is 341 g/mol. The van der Waals surface area contributed by atoms with Crippen molar-refractivity contribution in [2.45, 2.75) is 31.5 Å². The molecule has 2 rings (SSSR count). The maximum Gasteiger partial charge on any atom is 0.417 e. The van der Waals surface area contributed by atoms with E-state index in [2.05, 4.69) is 0 Å². The van der Waals surface area contributed by atoms with Gasteiger partial charge in [-0.15, -0.1) is 0 Å². The molecule has 0 saturated heterocycles. The fourth-order valence-corrected chi connectivity index (χ4v) is 2.92. The number of alkyl halides is 3. The molecule has 1 atom stereocenters. The topological polar surface area (TPSA) is 26.0 Å². The van der Waals surface area contributed by atoms with E-state index in [-0.39, 0.29) is 9.61 Å². The highest BCUT2D eigenvalue weighted by Gasteiger charge is 2.34. The van der Waals surface area contributed by atoms with Crippen LogP contribution in [0.15, 0.2) is 12.1 Å². The van der Waals surface area contributed by atoms with E-state index in [0.29, 0.717) is 5.56 Å². The predicted octanol–water partition coefficient (Wildman–Crippen LogP) is 3.65. The Morgan fingerprint density at radius 1 is 1.31 bits per heavy atom. The molecular weight excluding hydrogens is 330 g/mol. The summed E-state index contributed by atoms with van der Waals surface area (Å²) >= 11 is 1.74. The lowest BCUT2D eigenvalue weighted by atomic mass is 9.87. The van der Waals surface area contributed by atoms with Crippen LogP contribution in [-0.2, 0) is 12.6 Å². The Kier molecular flexibility index (Phi) is 3.18. The minimum Gasteiger partial charge on any atom is -0.324 e. The van der Waals surface area contributed by atoms with Crippen LogP contribution >= 0.6 is 22.6 Å². The molecule has 2 N–H and O–H groups in total. The Morgan fingerprint density at radius 3 is 2.62 bits per heavy atom. The van der Waals surface area contributed by atoms with Crippen LogP contribution in [0.2, 0.25) is 0 Å². The maximum atomic E-state index is 12.7. The molecule has 1 unspecified atom stereocenters. The van der Waals surface area contributed by atoms with Crippen molar-refractivity contribution >= 4 is 22.6 Å². The Hall–Kier alpha value is -0.300. The summed E-state index contributed by atoms with van der Waals surface area (Å²) in [4.78, 5) is 0. The molecule has 5 heteroatoms. The maximum absolute atomic E-state index is 12.7. The molecule has 16 heavy (non-hydrogen) atoms. The van der Waals surface area contributed by atoms with Crippen LogP contribution in [0.5, 0.6) is 0 Å². The summed E-state index contributed by atoms with van der Waals surface area (Å²) in [6.07, 6.45) is -1.74. The first-order valence-electron chi connectivity index (χ1n) is 5.04. The van der Waals surface area contributed by atoms with Gasteiger partial charge >= 0.3 is 6.18 Å². The molecule has 0 fully saturated rings. The van der Waals surface area contributed by atoms with Crippen molar-refractivity contribution in [1.82, 2.24) is 0 Å². The molecule has 0 heterocycles. The Labute approximate surface area is 105 Å². The summed E-state index contributed by atoms with van der Waals surface area (Å²) in [7, 11) is 0. The number of rotatable bonds is 0. The molecule has 88 valence electrons. The fraction of sp³-hybridized carbons (Fsp3) is 0.455. The minimum atomic E-state index is -4.29. The third-order valence-corrected chi connectivity index (χ3v) is 3.79. The molecule has 0 saturated carbocycles. The van der Waals surface area contributed by atoms with E-state index in [4.69, 9.17) is 5.73 Å².